The van der Waals surface area contributed by atoms with E-state index < -0.39 is 0 Å². The zero-order chi connectivity index (χ0) is 14.5. The molecule has 1 heterocycles. The monoisotopic (exact) mass is 308 g/mol. The standard InChI is InChI=1S/C13H13ClN4OS/c14-11-4-2-9(15)5-12(11)20-7-10-3-1-8(6-17-10)13(19)18-16/h1-6H,7,15-16H2,(H,18,19). The highest BCUT2D eigenvalue weighted by molar-refractivity contribution is 7.98. The molecule has 2 aromatic rings. The summed E-state index contributed by atoms with van der Waals surface area (Å²) in [6.45, 7) is 0. The van der Waals surface area contributed by atoms with Gasteiger partial charge in [-0.1, -0.05) is 11.6 Å². The first kappa shape index (κ1) is 14.6. The van der Waals surface area contributed by atoms with E-state index in [1.54, 1.807) is 24.3 Å². The number of benzene rings is 1. The van der Waals surface area contributed by atoms with Gasteiger partial charge in [0.25, 0.3) is 5.91 Å². The molecule has 20 heavy (non-hydrogen) atoms. The summed E-state index contributed by atoms with van der Waals surface area (Å²) in [6.07, 6.45) is 1.49. The number of halogens is 1. The number of pyridine rings is 1. The van der Waals surface area contributed by atoms with Gasteiger partial charge in [-0.2, -0.15) is 0 Å². The number of hydrogen-bond donors (Lipinski definition) is 3. The van der Waals surface area contributed by atoms with Crippen LogP contribution < -0.4 is 17.0 Å². The van der Waals surface area contributed by atoms with E-state index in [0.29, 0.717) is 22.0 Å². The van der Waals surface area contributed by atoms with E-state index in [2.05, 4.69) is 10.4 Å². The molecule has 1 amide bonds. The number of nitrogens with one attached hydrogen (secondary N) is 1. The number of carbonyl (C=O) groups excluding carboxylic acids is 1. The van der Waals surface area contributed by atoms with E-state index in [1.165, 1.54) is 18.0 Å². The van der Waals surface area contributed by atoms with Crippen LogP contribution in [0, 0.1) is 0 Å². The summed E-state index contributed by atoms with van der Waals surface area (Å²) in [7, 11) is 0. The predicted octanol–water partition coefficient (Wildman–Crippen LogP) is 2.21. The molecule has 0 saturated carbocycles. The molecule has 0 bridgehead atoms. The van der Waals surface area contributed by atoms with Gasteiger partial charge in [-0.15, -0.1) is 11.8 Å². The zero-order valence-electron chi connectivity index (χ0n) is 10.5. The second kappa shape index (κ2) is 6.60. The van der Waals surface area contributed by atoms with Gasteiger partial charge in [-0.3, -0.25) is 15.2 Å². The van der Waals surface area contributed by atoms with Gasteiger partial charge in [0, 0.05) is 22.5 Å². The number of amides is 1. The average Bonchev–Trinajstić information content (AvgIpc) is 2.48. The first-order valence-electron chi connectivity index (χ1n) is 5.74. The van der Waals surface area contributed by atoms with Gasteiger partial charge < -0.3 is 5.73 Å². The van der Waals surface area contributed by atoms with Crippen molar-refractivity contribution in [1.29, 1.82) is 0 Å². The van der Waals surface area contributed by atoms with Gasteiger partial charge in [0.05, 0.1) is 16.3 Å². The molecule has 5 nitrogen and oxygen atoms in total. The van der Waals surface area contributed by atoms with Crippen molar-refractivity contribution in [2.45, 2.75) is 10.6 Å². The highest BCUT2D eigenvalue weighted by Gasteiger charge is 2.06. The highest BCUT2D eigenvalue weighted by Crippen LogP contribution is 2.30. The Labute approximate surface area is 125 Å². The third-order valence-electron chi connectivity index (χ3n) is 2.55. The Morgan fingerprint density at radius 2 is 2.15 bits per heavy atom. The van der Waals surface area contributed by atoms with Crippen molar-refractivity contribution < 1.29 is 4.79 Å². The normalized spacial score (nSPS) is 10.3. The van der Waals surface area contributed by atoms with Crippen LogP contribution in [0.1, 0.15) is 16.1 Å². The molecule has 0 aliphatic rings. The van der Waals surface area contributed by atoms with Crippen molar-refractivity contribution in [3.8, 4) is 0 Å². The number of nitrogen functional groups attached to an aromatic ring is 2. The molecular formula is C13H13ClN4OS. The van der Waals surface area contributed by atoms with Gasteiger partial charge in [0.1, 0.15) is 0 Å². The predicted molar refractivity (Wildman–Crippen MR) is 81.3 cm³/mol. The minimum absolute atomic E-state index is 0.365. The Morgan fingerprint density at radius 3 is 2.80 bits per heavy atom. The molecule has 7 heteroatoms. The molecule has 0 spiro atoms. The number of hydrazine groups is 1. The molecule has 1 aromatic heterocycles. The first-order valence-corrected chi connectivity index (χ1v) is 7.10. The van der Waals surface area contributed by atoms with Gasteiger partial charge in [-0.05, 0) is 30.3 Å². The molecule has 0 unspecified atom stereocenters. The second-order valence-electron chi connectivity index (χ2n) is 3.99. The first-order chi connectivity index (χ1) is 9.60. The summed E-state index contributed by atoms with van der Waals surface area (Å²) in [5.41, 5.74) is 9.70. The van der Waals surface area contributed by atoms with Gasteiger partial charge in [0.15, 0.2) is 0 Å². The number of anilines is 1. The van der Waals surface area contributed by atoms with Crippen LogP contribution in [0.15, 0.2) is 41.4 Å². The zero-order valence-corrected chi connectivity index (χ0v) is 12.0. The van der Waals surface area contributed by atoms with Crippen LogP contribution in [-0.4, -0.2) is 10.9 Å². The fraction of sp³-hybridized carbons (Fsp3) is 0.0769. The smallest absolute Gasteiger partial charge is 0.266 e. The summed E-state index contributed by atoms with van der Waals surface area (Å²) < 4.78 is 0. The largest absolute Gasteiger partial charge is 0.399 e. The van der Waals surface area contributed by atoms with E-state index in [-0.39, 0.29) is 5.91 Å². The Balaban J connectivity index is 2.04. The van der Waals surface area contributed by atoms with Crippen LogP contribution in [0.2, 0.25) is 5.02 Å². The summed E-state index contributed by atoms with van der Waals surface area (Å²) in [5, 5.41) is 0.656. The lowest BCUT2D eigenvalue weighted by Crippen LogP contribution is -2.30. The van der Waals surface area contributed by atoms with Crippen LogP contribution in [0.4, 0.5) is 5.69 Å². The minimum atomic E-state index is -0.365. The van der Waals surface area contributed by atoms with Crippen LogP contribution in [0.5, 0.6) is 0 Å². The lowest BCUT2D eigenvalue weighted by Gasteiger charge is -2.05. The van der Waals surface area contributed by atoms with E-state index in [0.717, 1.165) is 10.6 Å². The second-order valence-corrected chi connectivity index (χ2v) is 5.41. The van der Waals surface area contributed by atoms with Crippen LogP contribution in [-0.2, 0) is 5.75 Å². The number of hydrogen-bond acceptors (Lipinski definition) is 5. The lowest BCUT2D eigenvalue weighted by molar-refractivity contribution is 0.0953. The molecular weight excluding hydrogens is 296 g/mol. The van der Waals surface area contributed by atoms with E-state index in [9.17, 15) is 4.79 Å². The van der Waals surface area contributed by atoms with Gasteiger partial charge >= 0.3 is 0 Å². The fourth-order valence-electron chi connectivity index (χ4n) is 1.51. The molecule has 0 atom stereocenters. The van der Waals surface area contributed by atoms with Crippen molar-refractivity contribution in [1.82, 2.24) is 10.4 Å². The van der Waals surface area contributed by atoms with Crippen molar-refractivity contribution in [2.75, 3.05) is 5.73 Å². The van der Waals surface area contributed by atoms with Gasteiger partial charge in [-0.25, -0.2) is 5.84 Å². The summed E-state index contributed by atoms with van der Waals surface area (Å²) >= 11 is 7.62. The van der Waals surface area contributed by atoms with Gasteiger partial charge in [0.2, 0.25) is 0 Å². The van der Waals surface area contributed by atoms with E-state index >= 15 is 0 Å². The van der Waals surface area contributed by atoms with E-state index in [1.807, 2.05) is 6.07 Å². The number of thioether (sulfide) groups is 1. The maximum absolute atomic E-state index is 11.3. The SMILES string of the molecule is NNC(=O)c1ccc(CSc2cc(N)ccc2Cl)nc1. The molecule has 0 aliphatic heterocycles. The Kier molecular flexibility index (Phi) is 4.84. The van der Waals surface area contributed by atoms with E-state index in [4.69, 9.17) is 23.2 Å². The quantitative estimate of drug-likeness (QED) is 0.265. The lowest BCUT2D eigenvalue weighted by atomic mass is 10.2. The molecule has 1 aromatic carbocycles. The number of aromatic nitrogens is 1. The van der Waals surface area contributed by atoms with Crippen molar-refractivity contribution in [3.05, 3.63) is 52.8 Å². The molecule has 0 aliphatic carbocycles. The number of rotatable bonds is 4. The molecule has 0 saturated heterocycles. The number of nitrogens with two attached hydrogens (primary N) is 2. The molecule has 0 fully saturated rings. The summed E-state index contributed by atoms with van der Waals surface area (Å²) in [6, 6.07) is 8.79. The molecule has 5 N–H and O–H groups in total. The van der Waals surface area contributed by atoms with Crippen LogP contribution >= 0.6 is 23.4 Å². The molecule has 104 valence electrons. The van der Waals surface area contributed by atoms with Crippen LogP contribution in [0.25, 0.3) is 0 Å². The maximum atomic E-state index is 11.3. The van der Waals surface area contributed by atoms with Crippen molar-refractivity contribution in [2.24, 2.45) is 5.84 Å². The van der Waals surface area contributed by atoms with Crippen LogP contribution in [0.3, 0.4) is 0 Å². The number of nitrogens with zero attached hydrogens (tertiary/aromatic N) is 1. The Morgan fingerprint density at radius 1 is 1.35 bits per heavy atom. The third-order valence-corrected chi connectivity index (χ3v) is 4.08. The topological polar surface area (TPSA) is 94.0 Å². The third kappa shape index (κ3) is 3.63. The fourth-order valence-corrected chi connectivity index (χ4v) is 2.69. The molecule has 2 rings (SSSR count). The summed E-state index contributed by atoms with van der Waals surface area (Å²) in [5.74, 6) is 5.32. The Bertz CT molecular complexity index is 618. The Hall–Kier alpha value is -1.76. The minimum Gasteiger partial charge on any atom is -0.399 e. The molecule has 0 radical (unpaired) electrons. The van der Waals surface area contributed by atoms with Crippen molar-refractivity contribution in [3.63, 3.8) is 0 Å². The highest BCUT2D eigenvalue weighted by atomic mass is 35.5. The summed E-state index contributed by atoms with van der Waals surface area (Å²) in [4.78, 5) is 16.4. The number of carbonyl (C=O) groups is 1. The average molecular weight is 309 g/mol. The maximum Gasteiger partial charge on any atom is 0.266 e. The van der Waals surface area contributed by atoms with Crippen molar-refractivity contribution >= 4 is 35.0 Å².